The van der Waals surface area contributed by atoms with E-state index in [9.17, 15) is 9.59 Å². The SMILES string of the molecule is Cc1nnc(NC(=O)CCn2c(=O)oc3ccccc32)nc1C. The number of hydrogen-bond acceptors (Lipinski definition) is 6. The molecule has 0 aliphatic heterocycles. The van der Waals surface area contributed by atoms with Crippen molar-refractivity contribution in [1.29, 1.82) is 0 Å². The van der Waals surface area contributed by atoms with E-state index < -0.39 is 5.76 Å². The van der Waals surface area contributed by atoms with Crippen LogP contribution in [0.25, 0.3) is 11.1 Å². The molecule has 23 heavy (non-hydrogen) atoms. The molecule has 0 saturated carbocycles. The van der Waals surface area contributed by atoms with Crippen LogP contribution in [0.2, 0.25) is 0 Å². The van der Waals surface area contributed by atoms with Crippen LogP contribution in [0, 0.1) is 13.8 Å². The second-order valence-electron chi connectivity index (χ2n) is 5.09. The molecule has 8 nitrogen and oxygen atoms in total. The maximum absolute atomic E-state index is 12.0. The predicted octanol–water partition coefficient (Wildman–Crippen LogP) is 1.43. The Hall–Kier alpha value is -3.03. The number of carbonyl (C=O) groups excluding carboxylic acids is 1. The van der Waals surface area contributed by atoms with Gasteiger partial charge in [-0.1, -0.05) is 12.1 Å². The lowest BCUT2D eigenvalue weighted by Gasteiger charge is -2.05. The molecule has 3 rings (SSSR count). The summed E-state index contributed by atoms with van der Waals surface area (Å²) in [5, 5.41) is 10.3. The zero-order valence-corrected chi connectivity index (χ0v) is 12.7. The number of nitrogens with one attached hydrogen (secondary N) is 1. The minimum atomic E-state index is -0.483. The van der Waals surface area contributed by atoms with Crippen LogP contribution < -0.4 is 11.1 Å². The number of hydrogen-bond donors (Lipinski definition) is 1. The molecule has 1 N–H and O–H groups in total. The van der Waals surface area contributed by atoms with Crippen molar-refractivity contribution in [1.82, 2.24) is 19.7 Å². The van der Waals surface area contributed by atoms with Gasteiger partial charge >= 0.3 is 5.76 Å². The molecule has 0 saturated heterocycles. The van der Waals surface area contributed by atoms with Crippen molar-refractivity contribution in [2.75, 3.05) is 5.32 Å². The average Bonchev–Trinajstić information content (AvgIpc) is 2.84. The molecule has 118 valence electrons. The zero-order chi connectivity index (χ0) is 16.4. The first-order chi connectivity index (χ1) is 11.0. The van der Waals surface area contributed by atoms with Gasteiger partial charge in [0.15, 0.2) is 5.58 Å². The van der Waals surface area contributed by atoms with Crippen molar-refractivity contribution in [3.63, 3.8) is 0 Å². The van der Waals surface area contributed by atoms with Crippen LogP contribution in [0.15, 0.2) is 33.5 Å². The average molecular weight is 313 g/mol. The Morgan fingerprint density at radius 1 is 1.22 bits per heavy atom. The molecular weight excluding hydrogens is 298 g/mol. The van der Waals surface area contributed by atoms with E-state index in [4.69, 9.17) is 4.42 Å². The van der Waals surface area contributed by atoms with Crippen LogP contribution in [-0.4, -0.2) is 25.7 Å². The lowest BCUT2D eigenvalue weighted by atomic mass is 10.3. The van der Waals surface area contributed by atoms with E-state index in [2.05, 4.69) is 20.5 Å². The molecule has 8 heteroatoms. The predicted molar refractivity (Wildman–Crippen MR) is 83.0 cm³/mol. The van der Waals surface area contributed by atoms with E-state index in [1.165, 1.54) is 4.57 Å². The summed E-state index contributed by atoms with van der Waals surface area (Å²) in [6.07, 6.45) is 0.0969. The summed E-state index contributed by atoms with van der Waals surface area (Å²) < 4.78 is 6.54. The Labute approximate surface area is 131 Å². The Morgan fingerprint density at radius 3 is 2.78 bits per heavy atom. The molecule has 0 atom stereocenters. The number of carbonyl (C=O) groups is 1. The molecule has 1 aromatic carbocycles. The van der Waals surface area contributed by atoms with E-state index >= 15 is 0 Å². The quantitative estimate of drug-likeness (QED) is 0.781. The number of aryl methyl sites for hydroxylation is 3. The molecule has 0 radical (unpaired) electrons. The lowest BCUT2D eigenvalue weighted by molar-refractivity contribution is -0.116. The number of para-hydroxylation sites is 2. The van der Waals surface area contributed by atoms with Gasteiger partial charge in [0.05, 0.1) is 16.9 Å². The number of fused-ring (bicyclic) bond motifs is 1. The third-order valence-corrected chi connectivity index (χ3v) is 3.48. The van der Waals surface area contributed by atoms with Gasteiger partial charge in [0.25, 0.3) is 0 Å². The summed E-state index contributed by atoms with van der Waals surface area (Å²) in [6.45, 7) is 3.79. The summed E-state index contributed by atoms with van der Waals surface area (Å²) in [6, 6.07) is 7.07. The van der Waals surface area contributed by atoms with Crippen molar-refractivity contribution in [3.8, 4) is 0 Å². The fourth-order valence-electron chi connectivity index (χ4n) is 2.14. The van der Waals surface area contributed by atoms with E-state index in [-0.39, 0.29) is 24.8 Å². The molecule has 3 aromatic rings. The van der Waals surface area contributed by atoms with Crippen molar-refractivity contribution in [3.05, 3.63) is 46.2 Å². The highest BCUT2D eigenvalue weighted by Crippen LogP contribution is 2.12. The fourth-order valence-corrected chi connectivity index (χ4v) is 2.14. The van der Waals surface area contributed by atoms with Crippen LogP contribution in [0.4, 0.5) is 5.95 Å². The van der Waals surface area contributed by atoms with Gasteiger partial charge in [-0.2, -0.15) is 5.10 Å². The van der Waals surface area contributed by atoms with Gasteiger partial charge in [0, 0.05) is 13.0 Å². The smallest absolute Gasteiger partial charge is 0.408 e. The Bertz CT molecular complexity index is 928. The Kier molecular flexibility index (Phi) is 3.88. The monoisotopic (exact) mass is 313 g/mol. The van der Waals surface area contributed by atoms with E-state index in [0.29, 0.717) is 22.5 Å². The number of amides is 1. The van der Waals surface area contributed by atoms with Crippen molar-refractivity contribution in [2.24, 2.45) is 0 Å². The van der Waals surface area contributed by atoms with Gasteiger partial charge in [0.1, 0.15) is 0 Å². The van der Waals surface area contributed by atoms with E-state index in [0.717, 1.165) is 0 Å². The molecule has 0 aliphatic rings. The molecule has 0 bridgehead atoms. The van der Waals surface area contributed by atoms with Crippen LogP contribution in [0.3, 0.4) is 0 Å². The molecule has 0 unspecified atom stereocenters. The number of nitrogens with zero attached hydrogens (tertiary/aromatic N) is 4. The highest BCUT2D eigenvalue weighted by molar-refractivity contribution is 5.88. The topological polar surface area (TPSA) is 103 Å². The van der Waals surface area contributed by atoms with Gasteiger partial charge in [-0.05, 0) is 26.0 Å². The molecule has 0 aliphatic carbocycles. The molecule has 0 spiro atoms. The van der Waals surface area contributed by atoms with Crippen LogP contribution >= 0.6 is 0 Å². The molecular formula is C15H15N5O3. The first kappa shape index (κ1) is 14.9. The number of benzene rings is 1. The van der Waals surface area contributed by atoms with Gasteiger partial charge in [-0.15, -0.1) is 5.10 Å². The van der Waals surface area contributed by atoms with E-state index in [1.807, 2.05) is 6.07 Å². The number of oxazole rings is 1. The molecule has 2 heterocycles. The molecule has 1 amide bonds. The number of aromatic nitrogens is 4. The van der Waals surface area contributed by atoms with Gasteiger partial charge in [-0.3, -0.25) is 14.7 Å². The summed E-state index contributed by atoms with van der Waals surface area (Å²) in [5.74, 6) is -0.627. The minimum absolute atomic E-state index is 0.0969. The largest absolute Gasteiger partial charge is 0.419 e. The highest BCUT2D eigenvalue weighted by atomic mass is 16.4. The molecule has 2 aromatic heterocycles. The highest BCUT2D eigenvalue weighted by Gasteiger charge is 2.11. The normalized spacial score (nSPS) is 10.9. The van der Waals surface area contributed by atoms with Crippen LogP contribution in [0.5, 0.6) is 0 Å². The number of rotatable bonds is 4. The van der Waals surface area contributed by atoms with Gasteiger partial charge in [0.2, 0.25) is 11.9 Å². The van der Waals surface area contributed by atoms with Crippen LogP contribution in [-0.2, 0) is 11.3 Å². The van der Waals surface area contributed by atoms with Crippen molar-refractivity contribution in [2.45, 2.75) is 26.8 Å². The fraction of sp³-hybridized carbons (Fsp3) is 0.267. The molecule has 0 fully saturated rings. The number of anilines is 1. The maximum atomic E-state index is 12.0. The standard InChI is InChI=1S/C15H15N5O3/c1-9-10(2)18-19-14(16-9)17-13(21)7-8-20-11-5-3-4-6-12(11)23-15(20)22/h3-6H,7-8H2,1-2H3,(H,16,17,19,21). The third kappa shape index (κ3) is 3.10. The maximum Gasteiger partial charge on any atom is 0.419 e. The second-order valence-corrected chi connectivity index (χ2v) is 5.09. The van der Waals surface area contributed by atoms with Gasteiger partial charge in [-0.25, -0.2) is 9.78 Å². The van der Waals surface area contributed by atoms with Gasteiger partial charge < -0.3 is 4.42 Å². The Morgan fingerprint density at radius 2 is 2.00 bits per heavy atom. The van der Waals surface area contributed by atoms with Crippen molar-refractivity contribution >= 4 is 23.0 Å². The summed E-state index contributed by atoms with van der Waals surface area (Å²) >= 11 is 0. The first-order valence-corrected chi connectivity index (χ1v) is 7.11. The van der Waals surface area contributed by atoms with E-state index in [1.54, 1.807) is 32.0 Å². The third-order valence-electron chi connectivity index (χ3n) is 3.48. The summed E-state index contributed by atoms with van der Waals surface area (Å²) in [7, 11) is 0. The first-order valence-electron chi connectivity index (χ1n) is 7.11. The minimum Gasteiger partial charge on any atom is -0.408 e. The lowest BCUT2D eigenvalue weighted by Crippen LogP contribution is -2.21. The summed E-state index contributed by atoms with van der Waals surface area (Å²) in [4.78, 5) is 27.9. The van der Waals surface area contributed by atoms with Crippen molar-refractivity contribution < 1.29 is 9.21 Å². The Balaban J connectivity index is 1.70. The van der Waals surface area contributed by atoms with Crippen LogP contribution in [0.1, 0.15) is 17.8 Å². The summed E-state index contributed by atoms with van der Waals surface area (Å²) in [5.41, 5.74) is 2.57. The second kappa shape index (κ2) is 5.99. The zero-order valence-electron chi connectivity index (χ0n) is 12.7.